The van der Waals surface area contributed by atoms with Gasteiger partial charge in [-0.1, -0.05) is 25.8 Å². The summed E-state index contributed by atoms with van der Waals surface area (Å²) < 4.78 is 10.2. The number of nitrogens with one attached hydrogen (secondary N) is 2. The number of aryl methyl sites for hydroxylation is 1. The molecule has 1 aromatic carbocycles. The first-order valence-electron chi connectivity index (χ1n) is 9.86. The summed E-state index contributed by atoms with van der Waals surface area (Å²) in [4.78, 5) is 36.7. The molecule has 0 spiro atoms. The largest absolute Gasteiger partial charge is 0.459 e. The maximum atomic E-state index is 12.4. The lowest BCUT2D eigenvalue weighted by atomic mass is 9.86. The van der Waals surface area contributed by atoms with Crippen molar-refractivity contribution in [2.75, 3.05) is 11.9 Å². The Kier molecular flexibility index (Phi) is 6.69. The van der Waals surface area contributed by atoms with E-state index in [1.165, 1.54) is 18.8 Å². The number of anilines is 1. The smallest absolute Gasteiger partial charge is 0.338 e. The lowest BCUT2D eigenvalue weighted by Gasteiger charge is -2.29. The van der Waals surface area contributed by atoms with E-state index in [0.717, 1.165) is 24.8 Å². The molecule has 2 amide bonds. The zero-order valence-corrected chi connectivity index (χ0v) is 16.7. The highest BCUT2D eigenvalue weighted by atomic mass is 16.5. The average Bonchev–Trinajstić information content (AvgIpc) is 3.24. The molecule has 1 aromatic heterocycles. The van der Waals surface area contributed by atoms with Crippen LogP contribution in [0.5, 0.6) is 0 Å². The van der Waals surface area contributed by atoms with Crippen LogP contribution in [0.1, 0.15) is 59.1 Å². The molecule has 0 unspecified atom stereocenters. The Bertz CT molecular complexity index is 875. The normalized spacial score (nSPS) is 18.7. The molecule has 0 bridgehead atoms. The lowest BCUT2D eigenvalue weighted by Crippen LogP contribution is -2.42. The molecule has 1 heterocycles. The fourth-order valence-corrected chi connectivity index (χ4v) is 3.47. The van der Waals surface area contributed by atoms with Gasteiger partial charge in [-0.05, 0) is 55.5 Å². The van der Waals surface area contributed by atoms with Crippen LogP contribution in [0.2, 0.25) is 0 Å². The monoisotopic (exact) mass is 398 g/mol. The van der Waals surface area contributed by atoms with Crippen molar-refractivity contribution >= 4 is 23.5 Å². The second kappa shape index (κ2) is 9.41. The van der Waals surface area contributed by atoms with Crippen LogP contribution in [-0.2, 0) is 9.53 Å². The van der Waals surface area contributed by atoms with Crippen LogP contribution >= 0.6 is 0 Å². The van der Waals surface area contributed by atoms with Gasteiger partial charge in [0, 0.05) is 11.7 Å². The molecule has 0 radical (unpaired) electrons. The zero-order valence-electron chi connectivity index (χ0n) is 16.7. The Balaban J connectivity index is 1.56. The van der Waals surface area contributed by atoms with E-state index in [1.54, 1.807) is 24.3 Å². The van der Waals surface area contributed by atoms with Crippen LogP contribution in [0.25, 0.3) is 0 Å². The number of rotatable bonds is 6. The van der Waals surface area contributed by atoms with E-state index in [-0.39, 0.29) is 29.9 Å². The van der Waals surface area contributed by atoms with Gasteiger partial charge in [0.2, 0.25) is 0 Å². The van der Waals surface area contributed by atoms with Crippen molar-refractivity contribution in [1.29, 1.82) is 0 Å². The molecule has 1 saturated carbocycles. The third-order valence-corrected chi connectivity index (χ3v) is 5.26. The number of carbonyl (C=O) groups excluding carboxylic acids is 3. The van der Waals surface area contributed by atoms with Crippen LogP contribution in [0, 0.1) is 12.8 Å². The van der Waals surface area contributed by atoms with Crippen molar-refractivity contribution in [3.63, 3.8) is 0 Å². The van der Waals surface area contributed by atoms with Crippen LogP contribution < -0.4 is 10.6 Å². The molecule has 1 fully saturated rings. The molecule has 7 nitrogen and oxygen atoms in total. The van der Waals surface area contributed by atoms with Gasteiger partial charge in [0.1, 0.15) is 0 Å². The van der Waals surface area contributed by atoms with Crippen molar-refractivity contribution in [1.82, 2.24) is 5.32 Å². The van der Waals surface area contributed by atoms with Crippen LogP contribution in [0.15, 0.2) is 41.0 Å². The molecule has 7 heteroatoms. The van der Waals surface area contributed by atoms with Gasteiger partial charge in [-0.3, -0.25) is 9.59 Å². The molecule has 1 aliphatic rings. The summed E-state index contributed by atoms with van der Waals surface area (Å²) in [7, 11) is 0. The summed E-state index contributed by atoms with van der Waals surface area (Å²) in [6.45, 7) is 3.61. The first-order valence-corrected chi connectivity index (χ1v) is 9.86. The Morgan fingerprint density at radius 3 is 2.69 bits per heavy atom. The van der Waals surface area contributed by atoms with E-state index < -0.39 is 11.9 Å². The molecule has 0 aliphatic heterocycles. The van der Waals surface area contributed by atoms with Crippen LogP contribution in [-0.4, -0.2) is 30.4 Å². The van der Waals surface area contributed by atoms with E-state index in [9.17, 15) is 14.4 Å². The van der Waals surface area contributed by atoms with E-state index in [2.05, 4.69) is 17.6 Å². The average molecular weight is 398 g/mol. The minimum Gasteiger partial charge on any atom is -0.459 e. The summed E-state index contributed by atoms with van der Waals surface area (Å²) >= 11 is 0. The molecule has 2 N–H and O–H groups in total. The number of ether oxygens (including phenoxy) is 1. The minimum absolute atomic E-state index is 0.137. The second-order valence-electron chi connectivity index (χ2n) is 7.47. The van der Waals surface area contributed by atoms with E-state index in [0.29, 0.717) is 11.6 Å². The highest BCUT2D eigenvalue weighted by molar-refractivity contribution is 6.03. The summed E-state index contributed by atoms with van der Waals surface area (Å²) in [5, 5.41) is 5.67. The highest BCUT2D eigenvalue weighted by Crippen LogP contribution is 2.23. The molecule has 1 aliphatic carbocycles. The van der Waals surface area contributed by atoms with Gasteiger partial charge in [0.15, 0.2) is 12.4 Å². The fraction of sp³-hybridized carbons (Fsp3) is 0.409. The van der Waals surface area contributed by atoms with E-state index in [4.69, 9.17) is 9.15 Å². The van der Waals surface area contributed by atoms with E-state index >= 15 is 0 Å². The molecule has 0 saturated heterocycles. The number of hydrogen-bond donors (Lipinski definition) is 2. The summed E-state index contributed by atoms with van der Waals surface area (Å²) in [5.41, 5.74) is 1.51. The minimum atomic E-state index is -0.620. The van der Waals surface area contributed by atoms with Gasteiger partial charge in [0.25, 0.3) is 11.8 Å². The topological polar surface area (TPSA) is 97.6 Å². The first kappa shape index (κ1) is 20.6. The summed E-state index contributed by atoms with van der Waals surface area (Å²) in [5.74, 6) is -0.725. The second-order valence-corrected chi connectivity index (χ2v) is 7.47. The van der Waals surface area contributed by atoms with Gasteiger partial charge in [-0.25, -0.2) is 4.79 Å². The molecular formula is C22H26N2O5. The number of furan rings is 1. The van der Waals surface area contributed by atoms with Gasteiger partial charge in [-0.2, -0.15) is 0 Å². The Hall–Kier alpha value is -3.09. The maximum Gasteiger partial charge on any atom is 0.338 e. The standard InChI is InChI=1S/C22H26N2O5/c1-14-6-3-4-7-17(14)23-20(25)13-29-22(27)16-10-9-15(2)18(12-16)24-21(26)19-8-5-11-28-19/h5,8-12,14,17H,3-4,6-7,13H2,1-2H3,(H,23,25)(H,24,26)/t14-,17+/m0/s1. The molecule has 29 heavy (non-hydrogen) atoms. The molecular weight excluding hydrogens is 372 g/mol. The number of carbonyl (C=O) groups is 3. The Morgan fingerprint density at radius 1 is 1.17 bits per heavy atom. The first-order chi connectivity index (χ1) is 13.9. The summed E-state index contributed by atoms with van der Waals surface area (Å²) in [6, 6.07) is 8.14. The number of esters is 1. The van der Waals surface area contributed by atoms with Crippen molar-refractivity contribution in [2.24, 2.45) is 5.92 Å². The van der Waals surface area contributed by atoms with Crippen molar-refractivity contribution in [2.45, 2.75) is 45.6 Å². The third-order valence-electron chi connectivity index (χ3n) is 5.26. The molecule has 2 atom stereocenters. The highest BCUT2D eigenvalue weighted by Gasteiger charge is 2.23. The third kappa shape index (κ3) is 5.47. The van der Waals surface area contributed by atoms with Gasteiger partial charge in [-0.15, -0.1) is 0 Å². The van der Waals surface area contributed by atoms with Gasteiger partial charge >= 0.3 is 5.97 Å². The van der Waals surface area contributed by atoms with Crippen molar-refractivity contribution in [3.8, 4) is 0 Å². The lowest BCUT2D eigenvalue weighted by molar-refractivity contribution is -0.125. The van der Waals surface area contributed by atoms with Crippen molar-refractivity contribution < 1.29 is 23.5 Å². The predicted molar refractivity (Wildman–Crippen MR) is 108 cm³/mol. The zero-order chi connectivity index (χ0) is 20.8. The molecule has 3 rings (SSSR count). The number of benzene rings is 1. The summed E-state index contributed by atoms with van der Waals surface area (Å²) in [6.07, 6.45) is 5.76. The Morgan fingerprint density at radius 2 is 1.97 bits per heavy atom. The number of amides is 2. The quantitative estimate of drug-likeness (QED) is 0.723. The predicted octanol–water partition coefficient (Wildman–Crippen LogP) is 3.69. The maximum absolute atomic E-state index is 12.4. The van der Waals surface area contributed by atoms with E-state index in [1.807, 2.05) is 6.92 Å². The fourth-order valence-electron chi connectivity index (χ4n) is 3.47. The molecule has 2 aromatic rings. The van der Waals surface area contributed by atoms with Gasteiger partial charge in [0.05, 0.1) is 11.8 Å². The van der Waals surface area contributed by atoms with Crippen LogP contribution in [0.4, 0.5) is 5.69 Å². The number of hydrogen-bond acceptors (Lipinski definition) is 5. The van der Waals surface area contributed by atoms with Crippen LogP contribution in [0.3, 0.4) is 0 Å². The molecule has 154 valence electrons. The van der Waals surface area contributed by atoms with Crippen molar-refractivity contribution in [3.05, 3.63) is 53.5 Å². The van der Waals surface area contributed by atoms with Gasteiger partial charge < -0.3 is 19.8 Å². The Labute approximate surface area is 169 Å². The SMILES string of the molecule is Cc1ccc(C(=O)OCC(=O)N[C@@H]2CCCC[C@@H]2C)cc1NC(=O)c1ccco1.